The molecule has 0 heterocycles. The molecule has 0 rings (SSSR count). The Labute approximate surface area is 61.4 Å². The summed E-state index contributed by atoms with van der Waals surface area (Å²) in [7, 11) is 0. The molecule has 1 N–H and O–H groups in total. The Hall–Kier alpha value is -0.430. The number of allylic oxidation sites excluding steroid dienone is 3. The molecule has 0 aliphatic carbocycles. The van der Waals surface area contributed by atoms with Gasteiger partial charge in [0, 0.05) is 17.3 Å². The summed E-state index contributed by atoms with van der Waals surface area (Å²) in [6, 6.07) is 0. The van der Waals surface area contributed by atoms with E-state index in [4.69, 9.17) is 11.6 Å². The van der Waals surface area contributed by atoms with Crippen LogP contribution in [0.15, 0.2) is 23.4 Å². The Kier molecular flexibility index (Phi) is 4.24. The molecule has 2 heteroatoms. The third-order valence-corrected chi connectivity index (χ3v) is 0.938. The Morgan fingerprint density at radius 3 is 2.67 bits per heavy atom. The van der Waals surface area contributed by atoms with Gasteiger partial charge in [0.05, 0.1) is 0 Å². The average Bonchev–Trinajstić information content (AvgIpc) is 1.63. The van der Waals surface area contributed by atoms with Crippen molar-refractivity contribution in [2.45, 2.75) is 13.8 Å². The van der Waals surface area contributed by atoms with Crippen LogP contribution in [0.25, 0.3) is 0 Å². The van der Waals surface area contributed by atoms with Gasteiger partial charge in [0.2, 0.25) is 0 Å². The Morgan fingerprint density at radius 2 is 2.33 bits per heavy atom. The summed E-state index contributed by atoms with van der Waals surface area (Å²) in [5.74, 6) is 0. The second-order valence-electron chi connectivity index (χ2n) is 1.80. The van der Waals surface area contributed by atoms with Crippen LogP contribution in [0.5, 0.6) is 0 Å². The minimum atomic E-state index is 0.563. The van der Waals surface area contributed by atoms with Crippen molar-refractivity contribution >= 4 is 11.6 Å². The predicted molar refractivity (Wildman–Crippen MR) is 42.4 cm³/mol. The average molecular weight is 146 g/mol. The van der Waals surface area contributed by atoms with E-state index in [9.17, 15) is 0 Å². The first-order valence-electron chi connectivity index (χ1n) is 2.93. The molecule has 0 aliphatic heterocycles. The van der Waals surface area contributed by atoms with Crippen molar-refractivity contribution in [1.82, 2.24) is 5.32 Å². The number of nitrogens with one attached hydrogen (secondary N) is 1. The number of rotatable bonds is 3. The molecule has 0 saturated heterocycles. The van der Waals surface area contributed by atoms with E-state index < -0.39 is 0 Å². The molecule has 0 radical (unpaired) electrons. The summed E-state index contributed by atoms with van der Waals surface area (Å²) in [6.07, 6.45) is 1.80. The lowest BCUT2D eigenvalue weighted by atomic mass is 10.4. The summed E-state index contributed by atoms with van der Waals surface area (Å²) in [6.45, 7) is 8.44. The molecular weight excluding hydrogens is 134 g/mol. The SMILES string of the molecule is C=C(Cl)/C=C(\C)NCC. The second-order valence-corrected chi connectivity index (χ2v) is 2.29. The maximum absolute atomic E-state index is 5.50. The van der Waals surface area contributed by atoms with Crippen molar-refractivity contribution in [3.05, 3.63) is 23.4 Å². The Balaban J connectivity index is 3.69. The fraction of sp³-hybridized carbons (Fsp3) is 0.429. The number of halogens is 1. The van der Waals surface area contributed by atoms with E-state index in [2.05, 4.69) is 11.9 Å². The molecular formula is C7H12ClN. The molecule has 0 bridgehead atoms. The molecule has 0 atom stereocenters. The zero-order valence-corrected chi connectivity index (χ0v) is 6.63. The maximum atomic E-state index is 5.50. The summed E-state index contributed by atoms with van der Waals surface area (Å²) >= 11 is 5.50. The van der Waals surface area contributed by atoms with E-state index in [1.807, 2.05) is 13.8 Å². The van der Waals surface area contributed by atoms with E-state index in [-0.39, 0.29) is 0 Å². The molecule has 0 spiro atoms. The molecule has 0 saturated carbocycles. The van der Waals surface area contributed by atoms with Crippen molar-refractivity contribution in [3.8, 4) is 0 Å². The highest BCUT2D eigenvalue weighted by Crippen LogP contribution is 2.00. The zero-order valence-electron chi connectivity index (χ0n) is 5.87. The normalized spacial score (nSPS) is 11.2. The molecule has 0 unspecified atom stereocenters. The molecule has 0 amide bonds. The monoisotopic (exact) mass is 145 g/mol. The first-order chi connectivity index (χ1) is 4.16. The van der Waals surface area contributed by atoms with Crippen LogP contribution in [0.2, 0.25) is 0 Å². The quantitative estimate of drug-likeness (QED) is 0.601. The van der Waals surface area contributed by atoms with E-state index in [0.717, 1.165) is 12.2 Å². The minimum Gasteiger partial charge on any atom is -0.389 e. The van der Waals surface area contributed by atoms with Gasteiger partial charge in [-0.05, 0) is 19.9 Å². The maximum Gasteiger partial charge on any atom is 0.0351 e. The van der Waals surface area contributed by atoms with Crippen LogP contribution in [0.3, 0.4) is 0 Å². The number of hydrogen-bond donors (Lipinski definition) is 1. The molecule has 0 aliphatic rings. The first-order valence-corrected chi connectivity index (χ1v) is 3.31. The van der Waals surface area contributed by atoms with Gasteiger partial charge in [0.25, 0.3) is 0 Å². The fourth-order valence-corrected chi connectivity index (χ4v) is 0.728. The van der Waals surface area contributed by atoms with Crippen LogP contribution in [-0.4, -0.2) is 6.54 Å². The van der Waals surface area contributed by atoms with Gasteiger partial charge in [-0.2, -0.15) is 0 Å². The highest BCUT2D eigenvalue weighted by atomic mass is 35.5. The predicted octanol–water partition coefficient (Wildman–Crippen LogP) is 2.25. The van der Waals surface area contributed by atoms with E-state index in [1.165, 1.54) is 0 Å². The molecule has 0 fully saturated rings. The van der Waals surface area contributed by atoms with Crippen LogP contribution >= 0.6 is 11.6 Å². The van der Waals surface area contributed by atoms with Crippen molar-refractivity contribution in [2.24, 2.45) is 0 Å². The van der Waals surface area contributed by atoms with Crippen LogP contribution in [0, 0.1) is 0 Å². The third-order valence-electron chi connectivity index (χ3n) is 0.829. The third kappa shape index (κ3) is 5.44. The van der Waals surface area contributed by atoms with Gasteiger partial charge < -0.3 is 5.32 Å². The minimum absolute atomic E-state index is 0.563. The van der Waals surface area contributed by atoms with Gasteiger partial charge in [-0.25, -0.2) is 0 Å². The van der Waals surface area contributed by atoms with Gasteiger partial charge in [-0.1, -0.05) is 18.2 Å². The van der Waals surface area contributed by atoms with Crippen LogP contribution in [-0.2, 0) is 0 Å². The van der Waals surface area contributed by atoms with Gasteiger partial charge in [-0.15, -0.1) is 0 Å². The zero-order chi connectivity index (χ0) is 7.28. The van der Waals surface area contributed by atoms with Crippen molar-refractivity contribution in [1.29, 1.82) is 0 Å². The van der Waals surface area contributed by atoms with Crippen LogP contribution in [0.1, 0.15) is 13.8 Å². The van der Waals surface area contributed by atoms with Gasteiger partial charge in [-0.3, -0.25) is 0 Å². The van der Waals surface area contributed by atoms with Gasteiger partial charge in [0.1, 0.15) is 0 Å². The van der Waals surface area contributed by atoms with E-state index in [1.54, 1.807) is 6.08 Å². The molecule has 0 aromatic carbocycles. The summed E-state index contributed by atoms with van der Waals surface area (Å²) in [4.78, 5) is 0. The lowest BCUT2D eigenvalue weighted by Crippen LogP contribution is -2.08. The molecule has 1 nitrogen and oxygen atoms in total. The summed E-state index contributed by atoms with van der Waals surface area (Å²) in [5, 5.41) is 3.66. The Bertz CT molecular complexity index is 127. The lowest BCUT2D eigenvalue weighted by molar-refractivity contribution is 0.854. The smallest absolute Gasteiger partial charge is 0.0351 e. The van der Waals surface area contributed by atoms with Crippen molar-refractivity contribution < 1.29 is 0 Å². The summed E-state index contributed by atoms with van der Waals surface area (Å²) < 4.78 is 0. The van der Waals surface area contributed by atoms with Crippen molar-refractivity contribution in [2.75, 3.05) is 6.54 Å². The molecule has 0 aromatic rings. The standard InChI is InChI=1S/C7H12ClN/c1-4-9-7(3)5-6(2)8/h5,9H,2,4H2,1,3H3/b7-5+. The first kappa shape index (κ1) is 8.57. The molecule has 9 heavy (non-hydrogen) atoms. The fourth-order valence-electron chi connectivity index (χ4n) is 0.565. The lowest BCUT2D eigenvalue weighted by Gasteiger charge is -1.99. The highest BCUT2D eigenvalue weighted by molar-refractivity contribution is 6.30. The topological polar surface area (TPSA) is 12.0 Å². The van der Waals surface area contributed by atoms with Gasteiger partial charge in [0.15, 0.2) is 0 Å². The highest BCUT2D eigenvalue weighted by Gasteiger charge is 1.83. The molecule has 52 valence electrons. The molecule has 0 aromatic heterocycles. The van der Waals surface area contributed by atoms with E-state index in [0.29, 0.717) is 5.03 Å². The van der Waals surface area contributed by atoms with Crippen molar-refractivity contribution in [3.63, 3.8) is 0 Å². The van der Waals surface area contributed by atoms with Gasteiger partial charge >= 0.3 is 0 Å². The number of hydrogen-bond acceptors (Lipinski definition) is 1. The van der Waals surface area contributed by atoms with Crippen LogP contribution in [0.4, 0.5) is 0 Å². The Morgan fingerprint density at radius 1 is 1.78 bits per heavy atom. The summed E-state index contributed by atoms with van der Waals surface area (Å²) in [5.41, 5.74) is 1.05. The second kappa shape index (κ2) is 4.45. The largest absolute Gasteiger partial charge is 0.389 e. The van der Waals surface area contributed by atoms with Crippen LogP contribution < -0.4 is 5.32 Å². The van der Waals surface area contributed by atoms with E-state index >= 15 is 0 Å².